The predicted molar refractivity (Wildman–Crippen MR) is 40.3 cm³/mol. The lowest BCUT2D eigenvalue weighted by molar-refractivity contribution is -0.387. The highest BCUT2D eigenvalue weighted by Gasteiger charge is 2.21. The molecule has 1 rings (SSSR count). The van der Waals surface area contributed by atoms with Crippen molar-refractivity contribution in [2.45, 2.75) is 38.2 Å². The molecular formula is C8H18NO+. The minimum absolute atomic E-state index is 0.125. The summed E-state index contributed by atoms with van der Waals surface area (Å²) in [5.74, 6) is 0.561. The number of quaternary nitrogens is 1. The second-order valence-corrected chi connectivity index (χ2v) is 3.25. The second-order valence-electron chi connectivity index (χ2n) is 3.25. The molecule has 0 aliphatic heterocycles. The Kier molecular flexibility index (Phi) is 3.16. The zero-order chi connectivity index (χ0) is 7.40. The fourth-order valence-electron chi connectivity index (χ4n) is 1.75. The van der Waals surface area contributed by atoms with Crippen molar-refractivity contribution in [1.29, 1.82) is 0 Å². The van der Waals surface area contributed by atoms with E-state index in [0.29, 0.717) is 12.5 Å². The van der Waals surface area contributed by atoms with E-state index in [9.17, 15) is 5.11 Å². The highest BCUT2D eigenvalue weighted by Crippen LogP contribution is 2.25. The molecule has 10 heavy (non-hydrogen) atoms. The SMILES string of the molecule is [NH3+]CC(O)C1CCCCC1. The molecule has 0 radical (unpaired) electrons. The molecule has 0 aromatic heterocycles. The Labute approximate surface area is 62.4 Å². The van der Waals surface area contributed by atoms with Crippen LogP contribution in [0.5, 0.6) is 0 Å². The minimum Gasteiger partial charge on any atom is -0.387 e. The third-order valence-electron chi connectivity index (χ3n) is 2.49. The molecule has 1 fully saturated rings. The molecule has 0 heterocycles. The van der Waals surface area contributed by atoms with Crippen LogP contribution >= 0.6 is 0 Å². The molecule has 4 N–H and O–H groups in total. The van der Waals surface area contributed by atoms with Crippen LogP contribution in [0.25, 0.3) is 0 Å². The van der Waals surface area contributed by atoms with Gasteiger partial charge in [0, 0.05) is 0 Å². The number of hydrogen-bond acceptors (Lipinski definition) is 1. The van der Waals surface area contributed by atoms with Gasteiger partial charge in [0.25, 0.3) is 0 Å². The van der Waals surface area contributed by atoms with Crippen molar-refractivity contribution in [2.75, 3.05) is 6.54 Å². The van der Waals surface area contributed by atoms with Gasteiger partial charge in [0.2, 0.25) is 0 Å². The van der Waals surface area contributed by atoms with Crippen LogP contribution in [0.1, 0.15) is 32.1 Å². The lowest BCUT2D eigenvalue weighted by atomic mass is 9.85. The van der Waals surface area contributed by atoms with Crippen LogP contribution in [-0.4, -0.2) is 17.8 Å². The lowest BCUT2D eigenvalue weighted by Gasteiger charge is -2.24. The number of rotatable bonds is 2. The molecule has 0 spiro atoms. The summed E-state index contributed by atoms with van der Waals surface area (Å²) in [4.78, 5) is 0. The highest BCUT2D eigenvalue weighted by molar-refractivity contribution is 4.71. The van der Waals surface area contributed by atoms with Gasteiger partial charge < -0.3 is 10.8 Å². The van der Waals surface area contributed by atoms with Gasteiger partial charge >= 0.3 is 0 Å². The summed E-state index contributed by atoms with van der Waals surface area (Å²) >= 11 is 0. The van der Waals surface area contributed by atoms with E-state index in [1.165, 1.54) is 32.1 Å². The van der Waals surface area contributed by atoms with Gasteiger partial charge in [-0.05, 0) is 18.8 Å². The number of aliphatic hydroxyl groups excluding tert-OH is 1. The molecule has 0 bridgehead atoms. The smallest absolute Gasteiger partial charge is 0.105 e. The van der Waals surface area contributed by atoms with E-state index in [1.807, 2.05) is 0 Å². The van der Waals surface area contributed by atoms with Crippen molar-refractivity contribution in [1.82, 2.24) is 0 Å². The molecule has 2 nitrogen and oxygen atoms in total. The van der Waals surface area contributed by atoms with Gasteiger partial charge in [-0.15, -0.1) is 0 Å². The van der Waals surface area contributed by atoms with E-state index in [0.717, 1.165) is 0 Å². The quantitative estimate of drug-likeness (QED) is 0.570. The summed E-state index contributed by atoms with van der Waals surface area (Å²) in [6.07, 6.45) is 6.29. The summed E-state index contributed by atoms with van der Waals surface area (Å²) in [6.45, 7) is 0.685. The summed E-state index contributed by atoms with van der Waals surface area (Å²) < 4.78 is 0. The maximum absolute atomic E-state index is 9.42. The monoisotopic (exact) mass is 144 g/mol. The van der Waals surface area contributed by atoms with E-state index in [1.54, 1.807) is 0 Å². The van der Waals surface area contributed by atoms with Gasteiger partial charge in [-0.2, -0.15) is 0 Å². The maximum atomic E-state index is 9.42. The molecule has 1 unspecified atom stereocenters. The fraction of sp³-hybridized carbons (Fsp3) is 1.00. The predicted octanol–water partition coefficient (Wildman–Crippen LogP) is 0.169. The topological polar surface area (TPSA) is 47.9 Å². The van der Waals surface area contributed by atoms with E-state index in [2.05, 4.69) is 5.73 Å². The van der Waals surface area contributed by atoms with Gasteiger partial charge in [0.1, 0.15) is 12.6 Å². The zero-order valence-corrected chi connectivity index (χ0v) is 6.55. The van der Waals surface area contributed by atoms with Crippen molar-refractivity contribution in [3.63, 3.8) is 0 Å². The first-order valence-electron chi connectivity index (χ1n) is 4.32. The van der Waals surface area contributed by atoms with Crippen LogP contribution in [0.4, 0.5) is 0 Å². The molecule has 0 aromatic rings. The standard InChI is InChI=1S/C8H17NO/c9-6-8(10)7-4-2-1-3-5-7/h7-8,10H,1-6,9H2/p+1. The van der Waals surface area contributed by atoms with Crippen LogP contribution < -0.4 is 5.73 Å². The third-order valence-corrected chi connectivity index (χ3v) is 2.49. The molecule has 1 aliphatic rings. The Hall–Kier alpha value is -0.0800. The molecular weight excluding hydrogens is 126 g/mol. The van der Waals surface area contributed by atoms with Crippen LogP contribution in [-0.2, 0) is 0 Å². The van der Waals surface area contributed by atoms with Gasteiger partial charge in [0.05, 0.1) is 0 Å². The molecule has 0 saturated heterocycles. The maximum Gasteiger partial charge on any atom is 0.105 e. The molecule has 1 saturated carbocycles. The summed E-state index contributed by atoms with van der Waals surface area (Å²) in [5, 5.41) is 9.42. The molecule has 2 heteroatoms. The Bertz CT molecular complexity index is 89.3. The lowest BCUT2D eigenvalue weighted by Crippen LogP contribution is -2.57. The molecule has 0 amide bonds. The average Bonchev–Trinajstić information content (AvgIpc) is 2.05. The highest BCUT2D eigenvalue weighted by atomic mass is 16.3. The first-order valence-corrected chi connectivity index (χ1v) is 4.32. The summed E-state index contributed by atoms with van der Waals surface area (Å²) in [7, 11) is 0. The van der Waals surface area contributed by atoms with Crippen molar-refractivity contribution < 1.29 is 10.8 Å². The molecule has 60 valence electrons. The first-order chi connectivity index (χ1) is 4.84. The zero-order valence-electron chi connectivity index (χ0n) is 6.55. The van der Waals surface area contributed by atoms with E-state index in [-0.39, 0.29) is 6.10 Å². The van der Waals surface area contributed by atoms with Crippen LogP contribution in [0.15, 0.2) is 0 Å². The van der Waals surface area contributed by atoms with E-state index >= 15 is 0 Å². The average molecular weight is 144 g/mol. The molecule has 1 atom stereocenters. The Morgan fingerprint density at radius 3 is 2.40 bits per heavy atom. The number of aliphatic hydroxyl groups is 1. The summed E-state index contributed by atoms with van der Waals surface area (Å²) in [6, 6.07) is 0. The van der Waals surface area contributed by atoms with Crippen LogP contribution in [0.3, 0.4) is 0 Å². The van der Waals surface area contributed by atoms with E-state index < -0.39 is 0 Å². The van der Waals surface area contributed by atoms with Crippen LogP contribution in [0, 0.1) is 5.92 Å². The molecule has 0 aromatic carbocycles. The fourth-order valence-corrected chi connectivity index (χ4v) is 1.75. The largest absolute Gasteiger partial charge is 0.387 e. The Morgan fingerprint density at radius 2 is 1.90 bits per heavy atom. The van der Waals surface area contributed by atoms with Gasteiger partial charge in [-0.3, -0.25) is 0 Å². The first kappa shape index (κ1) is 8.02. The summed E-state index contributed by atoms with van der Waals surface area (Å²) in [5.41, 5.74) is 3.71. The van der Waals surface area contributed by atoms with Crippen molar-refractivity contribution in [3.05, 3.63) is 0 Å². The van der Waals surface area contributed by atoms with E-state index in [4.69, 9.17) is 0 Å². The number of hydrogen-bond donors (Lipinski definition) is 2. The Morgan fingerprint density at radius 1 is 1.30 bits per heavy atom. The van der Waals surface area contributed by atoms with Crippen molar-refractivity contribution >= 4 is 0 Å². The Balaban J connectivity index is 2.24. The van der Waals surface area contributed by atoms with Gasteiger partial charge in [0.15, 0.2) is 0 Å². The second kappa shape index (κ2) is 3.94. The van der Waals surface area contributed by atoms with Crippen molar-refractivity contribution in [2.24, 2.45) is 5.92 Å². The third kappa shape index (κ3) is 1.96. The van der Waals surface area contributed by atoms with Crippen molar-refractivity contribution in [3.8, 4) is 0 Å². The van der Waals surface area contributed by atoms with Gasteiger partial charge in [-0.1, -0.05) is 19.3 Å². The normalized spacial score (nSPS) is 24.6. The minimum atomic E-state index is -0.125. The van der Waals surface area contributed by atoms with Gasteiger partial charge in [-0.25, -0.2) is 0 Å². The molecule has 1 aliphatic carbocycles. The van der Waals surface area contributed by atoms with Crippen LogP contribution in [0.2, 0.25) is 0 Å².